The summed E-state index contributed by atoms with van der Waals surface area (Å²) in [7, 11) is 0. The molecule has 1 atom stereocenters. The van der Waals surface area contributed by atoms with Crippen molar-refractivity contribution in [1.29, 1.82) is 0 Å². The van der Waals surface area contributed by atoms with Gasteiger partial charge in [0, 0.05) is 28.0 Å². The number of hydrogen-bond donors (Lipinski definition) is 3. The van der Waals surface area contributed by atoms with Gasteiger partial charge in [0.1, 0.15) is 6.10 Å². The number of ether oxygens (including phenoxy) is 1. The quantitative estimate of drug-likeness (QED) is 0.255. The lowest BCUT2D eigenvalue weighted by atomic mass is 9.99. The molecule has 1 aromatic heterocycles. The third kappa shape index (κ3) is 5.73. The molecule has 4 rings (SSSR count). The van der Waals surface area contributed by atoms with Crippen molar-refractivity contribution in [2.75, 3.05) is 5.32 Å². The minimum atomic E-state index is -0.851. The summed E-state index contributed by atoms with van der Waals surface area (Å²) in [6.45, 7) is 3.66. The maximum atomic E-state index is 12.6. The molecule has 0 aliphatic heterocycles. The number of aliphatic carboxylic acids is 1. The predicted molar refractivity (Wildman–Crippen MR) is 138 cm³/mol. The summed E-state index contributed by atoms with van der Waals surface area (Å²) in [4.78, 5) is 26.7. The Bertz CT molecular complexity index is 1340. The fraction of sp³-hybridized carbons (Fsp3) is 0.143. The third-order valence-corrected chi connectivity index (χ3v) is 6.11. The van der Waals surface area contributed by atoms with E-state index >= 15 is 0 Å². The van der Waals surface area contributed by atoms with Crippen molar-refractivity contribution < 1.29 is 19.4 Å². The highest BCUT2D eigenvalue weighted by Crippen LogP contribution is 2.33. The predicted octanol–water partition coefficient (Wildman–Crippen LogP) is 7.25. The summed E-state index contributed by atoms with van der Waals surface area (Å²) in [5.74, 6) is -0.851. The molecular weight excluding hydrogens is 464 g/mol. The van der Waals surface area contributed by atoms with Crippen LogP contribution in [0.3, 0.4) is 0 Å². The molecule has 7 heteroatoms. The fourth-order valence-corrected chi connectivity index (χ4v) is 4.20. The average molecular weight is 489 g/mol. The van der Waals surface area contributed by atoms with E-state index in [0.29, 0.717) is 10.7 Å². The van der Waals surface area contributed by atoms with Gasteiger partial charge < -0.3 is 14.8 Å². The first-order valence-corrected chi connectivity index (χ1v) is 11.5. The molecule has 0 radical (unpaired) electrons. The van der Waals surface area contributed by atoms with Gasteiger partial charge in [-0.15, -0.1) is 0 Å². The highest BCUT2D eigenvalue weighted by Gasteiger charge is 2.18. The minimum Gasteiger partial charge on any atom is -0.481 e. The van der Waals surface area contributed by atoms with Crippen molar-refractivity contribution >= 4 is 29.4 Å². The second-order valence-corrected chi connectivity index (χ2v) is 8.65. The number of carboxylic acids is 1. The molecule has 0 bridgehead atoms. The highest BCUT2D eigenvalue weighted by atomic mass is 35.5. The largest absolute Gasteiger partial charge is 0.481 e. The third-order valence-electron chi connectivity index (χ3n) is 5.77. The van der Waals surface area contributed by atoms with Gasteiger partial charge in [-0.1, -0.05) is 78.3 Å². The average Bonchev–Trinajstić information content (AvgIpc) is 3.19. The molecule has 0 saturated heterocycles. The number of benzene rings is 3. The summed E-state index contributed by atoms with van der Waals surface area (Å²) in [5, 5.41) is 12.3. The van der Waals surface area contributed by atoms with Crippen LogP contribution in [0.25, 0.3) is 22.3 Å². The Kier molecular flexibility index (Phi) is 7.22. The Morgan fingerprint density at radius 3 is 2.20 bits per heavy atom. The number of carbonyl (C=O) groups excluding carboxylic acids is 1. The normalized spacial score (nSPS) is 11.6. The number of hydrogen-bond acceptors (Lipinski definition) is 3. The van der Waals surface area contributed by atoms with Crippen LogP contribution in [0, 0.1) is 6.92 Å². The van der Waals surface area contributed by atoms with Gasteiger partial charge in [-0.25, -0.2) is 4.79 Å². The number of carbonyl (C=O) groups is 2. The van der Waals surface area contributed by atoms with Crippen LogP contribution in [0.5, 0.6) is 0 Å². The van der Waals surface area contributed by atoms with Crippen LogP contribution in [0.2, 0.25) is 5.02 Å². The second kappa shape index (κ2) is 10.5. The Morgan fingerprint density at radius 2 is 1.57 bits per heavy atom. The zero-order chi connectivity index (χ0) is 24.9. The van der Waals surface area contributed by atoms with Gasteiger partial charge in [0.15, 0.2) is 0 Å². The topological polar surface area (TPSA) is 91.4 Å². The van der Waals surface area contributed by atoms with Crippen molar-refractivity contribution in [1.82, 2.24) is 4.98 Å². The van der Waals surface area contributed by atoms with Crippen LogP contribution in [-0.4, -0.2) is 22.2 Å². The van der Waals surface area contributed by atoms with E-state index < -0.39 is 18.2 Å². The number of nitrogens with one attached hydrogen (secondary N) is 2. The molecule has 0 fully saturated rings. The van der Waals surface area contributed by atoms with Crippen LogP contribution in [0.15, 0.2) is 79.0 Å². The van der Waals surface area contributed by atoms with E-state index in [1.165, 1.54) is 0 Å². The molecule has 1 unspecified atom stereocenters. The molecule has 0 spiro atoms. The zero-order valence-corrected chi connectivity index (χ0v) is 20.1. The Labute approximate surface area is 208 Å². The molecule has 0 aliphatic carbocycles. The molecule has 3 aromatic carbocycles. The van der Waals surface area contributed by atoms with E-state index in [4.69, 9.17) is 21.4 Å². The smallest absolute Gasteiger partial charge is 0.412 e. The van der Waals surface area contributed by atoms with Gasteiger partial charge in [0.25, 0.3) is 0 Å². The SMILES string of the molecule is Cc1[nH]cc(-c2ccc(-c3ccc(CC(=O)O)cc3)cc2)c1NC(=O)OC(C)c1ccccc1Cl. The number of aryl methyl sites for hydroxylation is 1. The number of rotatable bonds is 7. The van der Waals surface area contributed by atoms with Crippen molar-refractivity contribution in [3.8, 4) is 22.3 Å². The minimum absolute atomic E-state index is 0.00142. The Morgan fingerprint density at radius 1 is 0.971 bits per heavy atom. The molecule has 3 N–H and O–H groups in total. The summed E-state index contributed by atoms with van der Waals surface area (Å²) < 4.78 is 5.56. The Balaban J connectivity index is 1.48. The van der Waals surface area contributed by atoms with Gasteiger partial charge in [-0.2, -0.15) is 0 Å². The van der Waals surface area contributed by atoms with Gasteiger partial charge in [-0.3, -0.25) is 10.1 Å². The molecule has 35 heavy (non-hydrogen) atoms. The number of aromatic nitrogens is 1. The number of amides is 1. The first-order chi connectivity index (χ1) is 16.8. The molecule has 0 aliphatic rings. The summed E-state index contributed by atoms with van der Waals surface area (Å²) in [5.41, 5.74) is 6.71. The van der Waals surface area contributed by atoms with Crippen LogP contribution in [0.4, 0.5) is 10.5 Å². The number of anilines is 1. The van der Waals surface area contributed by atoms with Crippen LogP contribution in [-0.2, 0) is 16.0 Å². The first kappa shape index (κ1) is 24.1. The van der Waals surface area contributed by atoms with E-state index in [1.54, 1.807) is 13.0 Å². The van der Waals surface area contributed by atoms with Gasteiger partial charge in [0.2, 0.25) is 0 Å². The van der Waals surface area contributed by atoms with Crippen LogP contribution >= 0.6 is 11.6 Å². The van der Waals surface area contributed by atoms with Crippen molar-refractivity contribution in [2.24, 2.45) is 0 Å². The van der Waals surface area contributed by atoms with E-state index in [2.05, 4.69) is 10.3 Å². The maximum absolute atomic E-state index is 12.6. The number of halogens is 1. The molecule has 4 aromatic rings. The van der Waals surface area contributed by atoms with Crippen molar-refractivity contribution in [2.45, 2.75) is 26.4 Å². The number of H-pyrrole nitrogens is 1. The van der Waals surface area contributed by atoms with E-state index in [1.807, 2.05) is 79.9 Å². The standard InChI is InChI=1S/C28H25ClN2O4/c1-17-27(31-28(34)35-18(2)23-5-3-4-6-25(23)29)24(16-30-17)22-13-11-21(12-14-22)20-9-7-19(8-10-20)15-26(32)33/h3-14,16,18,30H,15H2,1-2H3,(H,31,34)(H,32,33). The zero-order valence-electron chi connectivity index (χ0n) is 19.3. The highest BCUT2D eigenvalue weighted by molar-refractivity contribution is 6.31. The summed E-state index contributed by atoms with van der Waals surface area (Å²) >= 11 is 6.22. The lowest BCUT2D eigenvalue weighted by Crippen LogP contribution is -2.17. The molecule has 1 amide bonds. The second-order valence-electron chi connectivity index (χ2n) is 8.24. The van der Waals surface area contributed by atoms with E-state index in [-0.39, 0.29) is 6.42 Å². The van der Waals surface area contributed by atoms with Gasteiger partial charge >= 0.3 is 12.1 Å². The lowest BCUT2D eigenvalue weighted by molar-refractivity contribution is -0.136. The van der Waals surface area contributed by atoms with Crippen molar-refractivity contribution in [3.05, 3.63) is 101 Å². The molecule has 0 saturated carbocycles. The first-order valence-electron chi connectivity index (χ1n) is 11.1. The summed E-state index contributed by atoms with van der Waals surface area (Å²) in [6.07, 6.45) is 0.770. The number of aromatic amines is 1. The van der Waals surface area contributed by atoms with Gasteiger partial charge in [-0.05, 0) is 42.2 Å². The maximum Gasteiger partial charge on any atom is 0.412 e. The molecule has 178 valence electrons. The Hall–Kier alpha value is -4.03. The van der Waals surface area contributed by atoms with Gasteiger partial charge in [0.05, 0.1) is 12.1 Å². The summed E-state index contributed by atoms with van der Waals surface area (Å²) in [6, 6.07) is 22.7. The fourth-order valence-electron chi connectivity index (χ4n) is 3.91. The molecular formula is C28H25ClN2O4. The lowest BCUT2D eigenvalue weighted by Gasteiger charge is -2.16. The van der Waals surface area contributed by atoms with E-state index in [9.17, 15) is 9.59 Å². The van der Waals surface area contributed by atoms with Crippen LogP contribution in [0.1, 0.15) is 29.8 Å². The molecule has 6 nitrogen and oxygen atoms in total. The van der Waals surface area contributed by atoms with E-state index in [0.717, 1.165) is 39.1 Å². The number of carboxylic acid groups (broad SMARTS) is 1. The monoisotopic (exact) mass is 488 g/mol. The van der Waals surface area contributed by atoms with Crippen LogP contribution < -0.4 is 5.32 Å². The van der Waals surface area contributed by atoms with Crippen molar-refractivity contribution in [3.63, 3.8) is 0 Å². The molecule has 1 heterocycles.